The van der Waals surface area contributed by atoms with Crippen LogP contribution in [0.4, 0.5) is 5.69 Å². The molecule has 0 heterocycles. The van der Waals surface area contributed by atoms with E-state index >= 15 is 0 Å². The summed E-state index contributed by atoms with van der Waals surface area (Å²) in [6.07, 6.45) is 0. The van der Waals surface area contributed by atoms with Crippen molar-refractivity contribution in [3.05, 3.63) is 58.1 Å². The van der Waals surface area contributed by atoms with E-state index in [1.165, 1.54) is 18.2 Å². The fourth-order valence-electron chi connectivity index (χ4n) is 1.66. The standard InChI is InChI=1S/C15H10Cl3NO3/c16-9-1-4-11(5-2-9)22-8-14(20)19-13-7-10(17)3-6-12(13)15(18)21/h1-7H,8H2,(H,19,20). The van der Waals surface area contributed by atoms with Gasteiger partial charge in [-0.2, -0.15) is 0 Å². The Hall–Kier alpha value is -1.75. The minimum atomic E-state index is -0.689. The van der Waals surface area contributed by atoms with Gasteiger partial charge in [-0.3, -0.25) is 9.59 Å². The molecule has 0 aromatic heterocycles. The van der Waals surface area contributed by atoms with Crippen LogP contribution < -0.4 is 10.1 Å². The van der Waals surface area contributed by atoms with Gasteiger partial charge in [0.05, 0.1) is 11.3 Å². The number of amides is 1. The third-order valence-corrected chi connectivity index (χ3v) is 3.34. The molecule has 1 N–H and O–H groups in total. The Morgan fingerprint density at radius 3 is 2.27 bits per heavy atom. The molecule has 0 fully saturated rings. The fourth-order valence-corrected chi connectivity index (χ4v) is 2.12. The maximum absolute atomic E-state index is 11.9. The molecule has 7 heteroatoms. The highest BCUT2D eigenvalue weighted by molar-refractivity contribution is 6.68. The Kier molecular flexibility index (Phi) is 5.66. The first-order valence-corrected chi connectivity index (χ1v) is 7.26. The lowest BCUT2D eigenvalue weighted by atomic mass is 10.2. The summed E-state index contributed by atoms with van der Waals surface area (Å²) in [5, 5.41) is 2.79. The lowest BCUT2D eigenvalue weighted by Crippen LogP contribution is -2.21. The molecule has 0 saturated heterocycles. The molecular weight excluding hydrogens is 349 g/mol. The molecule has 22 heavy (non-hydrogen) atoms. The molecule has 0 aliphatic carbocycles. The topological polar surface area (TPSA) is 55.4 Å². The van der Waals surface area contributed by atoms with Crippen molar-refractivity contribution in [1.82, 2.24) is 0 Å². The maximum Gasteiger partial charge on any atom is 0.262 e. The number of carbonyl (C=O) groups is 2. The van der Waals surface area contributed by atoms with Crippen molar-refractivity contribution in [1.29, 1.82) is 0 Å². The minimum absolute atomic E-state index is 0.158. The average Bonchev–Trinajstić information content (AvgIpc) is 2.46. The van der Waals surface area contributed by atoms with E-state index in [0.29, 0.717) is 15.8 Å². The highest BCUT2D eigenvalue weighted by atomic mass is 35.5. The summed E-state index contributed by atoms with van der Waals surface area (Å²) in [6, 6.07) is 11.0. The summed E-state index contributed by atoms with van der Waals surface area (Å²) in [5.41, 5.74) is 0.392. The largest absolute Gasteiger partial charge is 0.484 e. The third kappa shape index (κ3) is 4.63. The Morgan fingerprint density at radius 1 is 1.00 bits per heavy atom. The van der Waals surface area contributed by atoms with Crippen LogP contribution in [0.15, 0.2) is 42.5 Å². The number of halogens is 3. The van der Waals surface area contributed by atoms with E-state index < -0.39 is 11.1 Å². The van der Waals surface area contributed by atoms with Gasteiger partial charge in [-0.1, -0.05) is 23.2 Å². The minimum Gasteiger partial charge on any atom is -0.484 e. The predicted molar refractivity (Wildman–Crippen MR) is 87.2 cm³/mol. The van der Waals surface area contributed by atoms with Gasteiger partial charge < -0.3 is 10.1 Å². The second kappa shape index (κ2) is 7.49. The van der Waals surface area contributed by atoms with Crippen LogP contribution in [0.1, 0.15) is 10.4 Å². The van der Waals surface area contributed by atoms with Gasteiger partial charge in [0.15, 0.2) is 6.61 Å². The SMILES string of the molecule is O=C(COc1ccc(Cl)cc1)Nc1cc(Cl)ccc1C(=O)Cl. The fraction of sp³-hybridized carbons (Fsp3) is 0.0667. The zero-order valence-electron chi connectivity index (χ0n) is 11.1. The molecule has 114 valence electrons. The number of carbonyl (C=O) groups excluding carboxylic acids is 2. The van der Waals surface area contributed by atoms with Crippen LogP contribution in [0.3, 0.4) is 0 Å². The number of hydrogen-bond acceptors (Lipinski definition) is 3. The summed E-state index contributed by atoms with van der Waals surface area (Å²) in [4.78, 5) is 23.2. The molecule has 0 unspecified atom stereocenters. The predicted octanol–water partition coefficient (Wildman–Crippen LogP) is 4.39. The van der Waals surface area contributed by atoms with Crippen LogP contribution >= 0.6 is 34.8 Å². The van der Waals surface area contributed by atoms with Crippen LogP contribution in [0.5, 0.6) is 5.75 Å². The monoisotopic (exact) mass is 357 g/mol. The second-order valence-corrected chi connectivity index (χ2v) is 5.47. The van der Waals surface area contributed by atoms with Crippen molar-refractivity contribution in [3.63, 3.8) is 0 Å². The summed E-state index contributed by atoms with van der Waals surface area (Å²) < 4.78 is 5.30. The second-order valence-electron chi connectivity index (χ2n) is 4.25. The molecule has 0 saturated carbocycles. The molecule has 4 nitrogen and oxygen atoms in total. The zero-order valence-corrected chi connectivity index (χ0v) is 13.4. The van der Waals surface area contributed by atoms with Crippen LogP contribution in [0.25, 0.3) is 0 Å². The van der Waals surface area contributed by atoms with E-state index in [0.717, 1.165) is 0 Å². The average molecular weight is 359 g/mol. The maximum atomic E-state index is 11.9. The van der Waals surface area contributed by atoms with Crippen molar-refractivity contribution in [2.24, 2.45) is 0 Å². The van der Waals surface area contributed by atoms with Crippen LogP contribution in [0, 0.1) is 0 Å². The molecule has 0 radical (unpaired) electrons. The molecular formula is C15H10Cl3NO3. The summed E-state index contributed by atoms with van der Waals surface area (Å²) >= 11 is 17.0. The number of rotatable bonds is 5. The van der Waals surface area contributed by atoms with Gasteiger partial charge in [-0.15, -0.1) is 0 Å². The number of ether oxygens (including phenoxy) is 1. The molecule has 0 aliphatic heterocycles. The molecule has 2 aromatic carbocycles. The first-order chi connectivity index (χ1) is 10.5. The van der Waals surface area contributed by atoms with Crippen LogP contribution in [-0.4, -0.2) is 17.8 Å². The molecule has 2 aromatic rings. The van der Waals surface area contributed by atoms with Gasteiger partial charge >= 0.3 is 0 Å². The summed E-state index contributed by atoms with van der Waals surface area (Å²) in [7, 11) is 0. The molecule has 0 spiro atoms. The highest BCUT2D eigenvalue weighted by Gasteiger charge is 2.12. The quantitative estimate of drug-likeness (QED) is 0.807. The summed E-state index contributed by atoms with van der Waals surface area (Å²) in [5.74, 6) is 0.0515. The lowest BCUT2D eigenvalue weighted by molar-refractivity contribution is -0.118. The van der Waals surface area contributed by atoms with Gasteiger partial charge in [0.25, 0.3) is 11.1 Å². The number of benzene rings is 2. The summed E-state index contributed by atoms with van der Waals surface area (Å²) in [6.45, 7) is -0.232. The smallest absolute Gasteiger partial charge is 0.262 e. The molecule has 0 aliphatic rings. The third-order valence-electron chi connectivity index (χ3n) is 2.65. The van der Waals surface area contributed by atoms with Crippen molar-refractivity contribution >= 4 is 51.6 Å². The Bertz CT molecular complexity index is 702. The zero-order chi connectivity index (χ0) is 16.1. The van der Waals surface area contributed by atoms with Crippen LogP contribution in [-0.2, 0) is 4.79 Å². The van der Waals surface area contributed by atoms with E-state index in [9.17, 15) is 9.59 Å². The Morgan fingerprint density at radius 2 is 1.64 bits per heavy atom. The van der Waals surface area contributed by atoms with E-state index in [2.05, 4.69) is 5.32 Å². The van der Waals surface area contributed by atoms with Crippen molar-refractivity contribution in [3.8, 4) is 5.75 Å². The normalized spacial score (nSPS) is 10.1. The van der Waals surface area contributed by atoms with Gasteiger partial charge in [0.1, 0.15) is 5.75 Å². The van der Waals surface area contributed by atoms with Crippen molar-refractivity contribution in [2.75, 3.05) is 11.9 Å². The Labute approximate surface area is 141 Å². The number of hydrogen-bond donors (Lipinski definition) is 1. The molecule has 1 amide bonds. The number of anilines is 1. The van der Waals surface area contributed by atoms with Gasteiger partial charge in [-0.05, 0) is 54.1 Å². The van der Waals surface area contributed by atoms with Gasteiger partial charge in [0.2, 0.25) is 0 Å². The van der Waals surface area contributed by atoms with Crippen molar-refractivity contribution < 1.29 is 14.3 Å². The lowest BCUT2D eigenvalue weighted by Gasteiger charge is -2.10. The van der Waals surface area contributed by atoms with Crippen LogP contribution in [0.2, 0.25) is 10.0 Å². The highest BCUT2D eigenvalue weighted by Crippen LogP contribution is 2.23. The number of nitrogens with one attached hydrogen (secondary N) is 1. The Balaban J connectivity index is 2.01. The van der Waals surface area contributed by atoms with E-state index in [-0.39, 0.29) is 17.9 Å². The molecule has 0 bridgehead atoms. The first kappa shape index (κ1) is 16.6. The first-order valence-electron chi connectivity index (χ1n) is 6.13. The van der Waals surface area contributed by atoms with E-state index in [1.807, 2.05) is 0 Å². The van der Waals surface area contributed by atoms with E-state index in [4.69, 9.17) is 39.5 Å². The van der Waals surface area contributed by atoms with E-state index in [1.54, 1.807) is 24.3 Å². The van der Waals surface area contributed by atoms with Gasteiger partial charge in [-0.25, -0.2) is 0 Å². The molecule has 2 rings (SSSR count). The van der Waals surface area contributed by atoms with Gasteiger partial charge in [0, 0.05) is 10.0 Å². The van der Waals surface area contributed by atoms with Crippen molar-refractivity contribution in [2.45, 2.75) is 0 Å². The molecule has 0 atom stereocenters.